The van der Waals surface area contributed by atoms with Crippen molar-refractivity contribution in [1.82, 2.24) is 0 Å². The Kier molecular flexibility index (Phi) is 4.77. The SMILES string of the molecule is CCO[C@@H]1OC[C@@]23CC[C@@H](C)[C@](C)(CCC4=CCOC4=O)[C@H]2CC=C[C@@H]13. The maximum Gasteiger partial charge on any atom is 0.334 e. The van der Waals surface area contributed by atoms with Gasteiger partial charge < -0.3 is 14.2 Å². The van der Waals surface area contributed by atoms with E-state index >= 15 is 0 Å². The maximum atomic E-state index is 11.9. The quantitative estimate of drug-likeness (QED) is 0.543. The summed E-state index contributed by atoms with van der Waals surface area (Å²) in [6, 6.07) is 0. The zero-order chi connectivity index (χ0) is 18.4. The van der Waals surface area contributed by atoms with Gasteiger partial charge in [0.1, 0.15) is 6.61 Å². The smallest absolute Gasteiger partial charge is 0.334 e. The Morgan fingerprint density at radius 2 is 2.23 bits per heavy atom. The molecule has 26 heavy (non-hydrogen) atoms. The first-order valence-electron chi connectivity index (χ1n) is 10.3. The molecular formula is C22H32O4. The van der Waals surface area contributed by atoms with Crippen LogP contribution in [0.1, 0.15) is 52.9 Å². The highest BCUT2D eigenvalue weighted by Gasteiger charge is 2.61. The molecule has 1 spiro atoms. The molecule has 2 aliphatic heterocycles. The van der Waals surface area contributed by atoms with Gasteiger partial charge in [0.05, 0.1) is 6.61 Å². The minimum absolute atomic E-state index is 0.0933. The molecule has 144 valence electrons. The number of hydrogen-bond donors (Lipinski definition) is 0. The van der Waals surface area contributed by atoms with Crippen molar-refractivity contribution in [2.24, 2.45) is 28.6 Å². The second-order valence-corrected chi connectivity index (χ2v) is 8.88. The van der Waals surface area contributed by atoms with Gasteiger partial charge in [-0.25, -0.2) is 4.79 Å². The summed E-state index contributed by atoms with van der Waals surface area (Å²) < 4.78 is 17.2. The van der Waals surface area contributed by atoms with Crippen LogP contribution in [0.15, 0.2) is 23.8 Å². The summed E-state index contributed by atoms with van der Waals surface area (Å²) in [5.74, 6) is 1.48. The number of hydrogen-bond acceptors (Lipinski definition) is 4. The molecule has 1 saturated carbocycles. The minimum atomic E-state index is -0.117. The minimum Gasteiger partial charge on any atom is -0.458 e. The number of cyclic esters (lactones) is 1. The molecule has 2 aliphatic carbocycles. The molecule has 4 aliphatic rings. The average molecular weight is 360 g/mol. The zero-order valence-corrected chi connectivity index (χ0v) is 16.3. The van der Waals surface area contributed by atoms with E-state index in [0.29, 0.717) is 31.0 Å². The Bertz CT molecular complexity index is 624. The first-order valence-corrected chi connectivity index (χ1v) is 10.3. The summed E-state index contributed by atoms with van der Waals surface area (Å²) in [5, 5.41) is 0. The summed E-state index contributed by atoms with van der Waals surface area (Å²) in [4.78, 5) is 11.9. The van der Waals surface area contributed by atoms with Gasteiger partial charge in [0.2, 0.25) is 0 Å². The number of carbonyl (C=O) groups excluding carboxylic acids is 1. The number of ether oxygens (including phenoxy) is 3. The Morgan fingerprint density at radius 1 is 1.38 bits per heavy atom. The maximum absolute atomic E-state index is 11.9. The number of rotatable bonds is 5. The molecule has 4 rings (SSSR count). The molecule has 0 aromatic rings. The van der Waals surface area contributed by atoms with Gasteiger partial charge in [-0.05, 0) is 62.4 Å². The topological polar surface area (TPSA) is 44.8 Å². The molecular weight excluding hydrogens is 328 g/mol. The highest BCUT2D eigenvalue weighted by atomic mass is 16.7. The Labute approximate surface area is 157 Å². The van der Waals surface area contributed by atoms with Gasteiger partial charge in [0, 0.05) is 23.5 Å². The van der Waals surface area contributed by atoms with Crippen molar-refractivity contribution >= 4 is 5.97 Å². The van der Waals surface area contributed by atoms with Crippen molar-refractivity contribution < 1.29 is 19.0 Å². The van der Waals surface area contributed by atoms with E-state index in [1.807, 2.05) is 13.0 Å². The van der Waals surface area contributed by atoms with Gasteiger partial charge in [-0.2, -0.15) is 0 Å². The fraction of sp³-hybridized carbons (Fsp3) is 0.773. The lowest BCUT2D eigenvalue weighted by atomic mass is 9.46. The van der Waals surface area contributed by atoms with Crippen LogP contribution in [0.2, 0.25) is 0 Å². The summed E-state index contributed by atoms with van der Waals surface area (Å²) in [5.41, 5.74) is 1.27. The van der Waals surface area contributed by atoms with Crippen molar-refractivity contribution in [2.75, 3.05) is 19.8 Å². The van der Waals surface area contributed by atoms with Crippen LogP contribution in [0.3, 0.4) is 0 Å². The Morgan fingerprint density at radius 3 is 2.96 bits per heavy atom. The second-order valence-electron chi connectivity index (χ2n) is 8.88. The van der Waals surface area contributed by atoms with E-state index in [1.165, 1.54) is 12.8 Å². The van der Waals surface area contributed by atoms with Gasteiger partial charge in [-0.15, -0.1) is 0 Å². The van der Waals surface area contributed by atoms with Crippen LogP contribution < -0.4 is 0 Å². The molecule has 1 saturated heterocycles. The Hall–Kier alpha value is -1.13. The van der Waals surface area contributed by atoms with E-state index in [9.17, 15) is 4.79 Å². The molecule has 4 nitrogen and oxygen atoms in total. The third kappa shape index (κ3) is 2.68. The van der Waals surface area contributed by atoms with Crippen LogP contribution in [-0.4, -0.2) is 32.1 Å². The predicted octanol–water partition coefficient (Wildman–Crippen LogP) is 4.26. The summed E-state index contributed by atoms with van der Waals surface area (Å²) in [6.07, 6.45) is 12.0. The fourth-order valence-electron chi connectivity index (χ4n) is 6.16. The normalized spacial score (nSPS) is 44.4. The van der Waals surface area contributed by atoms with E-state index < -0.39 is 0 Å². The molecule has 2 fully saturated rings. The van der Waals surface area contributed by atoms with E-state index in [2.05, 4.69) is 26.0 Å². The predicted molar refractivity (Wildman–Crippen MR) is 99.3 cm³/mol. The highest BCUT2D eigenvalue weighted by Crippen LogP contribution is 2.64. The summed E-state index contributed by atoms with van der Waals surface area (Å²) in [7, 11) is 0. The molecule has 0 N–H and O–H groups in total. The Balaban J connectivity index is 1.59. The molecule has 6 atom stereocenters. The molecule has 0 aromatic carbocycles. The van der Waals surface area contributed by atoms with Crippen LogP contribution in [-0.2, 0) is 19.0 Å². The zero-order valence-electron chi connectivity index (χ0n) is 16.3. The molecule has 0 unspecified atom stereocenters. The third-order valence-corrected chi connectivity index (χ3v) is 7.92. The van der Waals surface area contributed by atoms with E-state index in [4.69, 9.17) is 14.2 Å². The lowest BCUT2D eigenvalue weighted by molar-refractivity contribution is -0.136. The van der Waals surface area contributed by atoms with Crippen molar-refractivity contribution in [3.63, 3.8) is 0 Å². The van der Waals surface area contributed by atoms with Gasteiger partial charge >= 0.3 is 5.97 Å². The fourth-order valence-corrected chi connectivity index (χ4v) is 6.16. The molecule has 0 aromatic heterocycles. The van der Waals surface area contributed by atoms with E-state index in [0.717, 1.165) is 31.4 Å². The largest absolute Gasteiger partial charge is 0.458 e. The molecule has 0 bridgehead atoms. The van der Waals surface area contributed by atoms with Crippen molar-refractivity contribution in [1.29, 1.82) is 0 Å². The van der Waals surface area contributed by atoms with Crippen molar-refractivity contribution in [2.45, 2.75) is 59.2 Å². The molecule has 2 heterocycles. The molecule has 0 radical (unpaired) electrons. The lowest BCUT2D eigenvalue weighted by Gasteiger charge is -2.58. The molecule has 4 heteroatoms. The van der Waals surface area contributed by atoms with Crippen molar-refractivity contribution in [3.8, 4) is 0 Å². The number of carbonyl (C=O) groups is 1. The van der Waals surface area contributed by atoms with Crippen molar-refractivity contribution in [3.05, 3.63) is 23.8 Å². The van der Waals surface area contributed by atoms with Crippen LogP contribution in [0.5, 0.6) is 0 Å². The second kappa shape index (κ2) is 6.79. The third-order valence-electron chi connectivity index (χ3n) is 7.92. The van der Waals surface area contributed by atoms with Crippen LogP contribution >= 0.6 is 0 Å². The van der Waals surface area contributed by atoms with E-state index in [-0.39, 0.29) is 23.1 Å². The first kappa shape index (κ1) is 18.2. The average Bonchev–Trinajstić information content (AvgIpc) is 3.21. The van der Waals surface area contributed by atoms with Gasteiger partial charge in [-0.1, -0.05) is 26.0 Å². The lowest BCUT2D eigenvalue weighted by Crippen LogP contribution is -2.53. The number of esters is 1. The first-order chi connectivity index (χ1) is 12.5. The van der Waals surface area contributed by atoms with Gasteiger partial charge in [0.25, 0.3) is 0 Å². The van der Waals surface area contributed by atoms with Crippen LogP contribution in [0.25, 0.3) is 0 Å². The summed E-state index contributed by atoms with van der Waals surface area (Å²) >= 11 is 0. The monoisotopic (exact) mass is 360 g/mol. The van der Waals surface area contributed by atoms with E-state index in [1.54, 1.807) is 0 Å². The standard InChI is InChI=1S/C22H32O4/c1-4-24-20-17-6-5-7-18-21(3,11-9-16-10-13-25-19(16)23)15(2)8-12-22(17,18)14-26-20/h5-6,10,15,17-18,20H,4,7-9,11-14H2,1-3H3/t15-,17+,18-,20-,21+,22-/m1/s1. The van der Waals surface area contributed by atoms with Gasteiger partial charge in [0.15, 0.2) is 6.29 Å². The number of allylic oxidation sites excluding steroid dienone is 1. The summed E-state index contributed by atoms with van der Waals surface area (Å²) in [6.45, 7) is 8.85. The van der Waals surface area contributed by atoms with Gasteiger partial charge in [-0.3, -0.25) is 0 Å². The van der Waals surface area contributed by atoms with Crippen LogP contribution in [0.4, 0.5) is 0 Å². The van der Waals surface area contributed by atoms with Crippen LogP contribution in [0, 0.1) is 28.6 Å². The highest BCUT2D eigenvalue weighted by molar-refractivity contribution is 5.90. The molecule has 0 amide bonds.